The Labute approximate surface area is 101 Å². The third-order valence-corrected chi connectivity index (χ3v) is 4.27. The molecule has 0 bridgehead atoms. The number of nitrogens with zero attached hydrogens (tertiary/aromatic N) is 3. The summed E-state index contributed by atoms with van der Waals surface area (Å²) >= 11 is 0. The van der Waals surface area contributed by atoms with Gasteiger partial charge in [0.15, 0.2) is 5.03 Å². The molecule has 0 amide bonds. The fourth-order valence-corrected chi connectivity index (χ4v) is 3.07. The lowest BCUT2D eigenvalue weighted by atomic mass is 10.3. The largest absolute Gasteiger partial charge is 0.332 e. The molecule has 94 valence electrons. The molecule has 6 nitrogen and oxygen atoms in total. The summed E-state index contributed by atoms with van der Waals surface area (Å²) in [7, 11) is -3.59. The van der Waals surface area contributed by atoms with Gasteiger partial charge in [-0.3, -0.25) is 0 Å². The molecule has 0 spiro atoms. The molecular formula is C10H16N4O2S. The average molecular weight is 256 g/mol. The first kappa shape index (κ1) is 13.7. The summed E-state index contributed by atoms with van der Waals surface area (Å²) < 4.78 is 25.8. The molecule has 0 aromatic carbocycles. The molecule has 1 N–H and O–H groups in total. The number of aromatic amines is 1. The summed E-state index contributed by atoms with van der Waals surface area (Å²) in [6, 6.07) is 1.75. The highest BCUT2D eigenvalue weighted by Gasteiger charge is 2.28. The number of hydrogen-bond acceptors (Lipinski definition) is 4. The minimum absolute atomic E-state index is 0.0710. The number of nitrogens with one attached hydrogen (secondary N) is 1. The SMILES string of the molecule is Cc1ncc(S(=O)(=O)N(CCC#N)C(C)C)[nH]1. The van der Waals surface area contributed by atoms with Gasteiger partial charge in [-0.15, -0.1) is 0 Å². The summed E-state index contributed by atoms with van der Waals surface area (Å²) in [5.41, 5.74) is 0. The van der Waals surface area contributed by atoms with E-state index in [9.17, 15) is 8.42 Å². The van der Waals surface area contributed by atoms with Crippen molar-refractivity contribution in [3.05, 3.63) is 12.0 Å². The molecule has 0 aliphatic rings. The van der Waals surface area contributed by atoms with Crippen LogP contribution in [0.5, 0.6) is 0 Å². The van der Waals surface area contributed by atoms with Gasteiger partial charge in [-0.2, -0.15) is 9.57 Å². The first-order chi connectivity index (χ1) is 7.89. The van der Waals surface area contributed by atoms with Gasteiger partial charge in [-0.05, 0) is 20.8 Å². The van der Waals surface area contributed by atoms with Gasteiger partial charge >= 0.3 is 0 Å². The standard InChI is InChI=1S/C10H16N4O2S/c1-8(2)14(6-4-5-11)17(15,16)10-7-12-9(3)13-10/h7-8H,4,6H2,1-3H3,(H,12,13). The molecule has 1 aromatic heterocycles. The number of aromatic nitrogens is 2. The predicted octanol–water partition coefficient (Wildman–Crippen LogP) is 1.03. The Morgan fingerprint density at radius 3 is 2.65 bits per heavy atom. The molecule has 0 radical (unpaired) electrons. The van der Waals surface area contributed by atoms with Crippen LogP contribution in [0.1, 0.15) is 26.1 Å². The smallest absolute Gasteiger partial charge is 0.260 e. The van der Waals surface area contributed by atoms with Crippen LogP contribution in [0.15, 0.2) is 11.2 Å². The van der Waals surface area contributed by atoms with Gasteiger partial charge in [0.05, 0.1) is 12.3 Å². The van der Waals surface area contributed by atoms with E-state index in [4.69, 9.17) is 5.26 Å². The molecule has 0 aliphatic heterocycles. The number of rotatable bonds is 5. The quantitative estimate of drug-likeness (QED) is 0.852. The van der Waals surface area contributed by atoms with Crippen LogP contribution in [0.2, 0.25) is 0 Å². The predicted molar refractivity (Wildman–Crippen MR) is 62.6 cm³/mol. The molecule has 0 fully saturated rings. The molecule has 1 heterocycles. The molecule has 0 unspecified atom stereocenters. The van der Waals surface area contributed by atoms with Gasteiger partial charge in [0.2, 0.25) is 0 Å². The van der Waals surface area contributed by atoms with Crippen molar-refractivity contribution in [3.8, 4) is 6.07 Å². The number of imidazole rings is 1. The lowest BCUT2D eigenvalue weighted by molar-refractivity contribution is 0.359. The molecular weight excluding hydrogens is 240 g/mol. The van der Waals surface area contributed by atoms with Crippen LogP contribution >= 0.6 is 0 Å². The molecule has 0 saturated carbocycles. The molecule has 0 saturated heterocycles. The van der Waals surface area contributed by atoms with E-state index >= 15 is 0 Å². The maximum Gasteiger partial charge on any atom is 0.260 e. The van der Waals surface area contributed by atoms with E-state index in [1.807, 2.05) is 6.07 Å². The van der Waals surface area contributed by atoms with Crippen LogP contribution in [0.25, 0.3) is 0 Å². The lowest BCUT2D eigenvalue weighted by Crippen LogP contribution is -2.37. The van der Waals surface area contributed by atoms with E-state index in [2.05, 4.69) is 9.97 Å². The maximum atomic E-state index is 12.2. The highest BCUT2D eigenvalue weighted by atomic mass is 32.2. The molecule has 7 heteroatoms. The van der Waals surface area contributed by atoms with Crippen molar-refractivity contribution in [2.24, 2.45) is 0 Å². The Balaban J connectivity index is 3.05. The number of hydrogen-bond donors (Lipinski definition) is 1. The van der Waals surface area contributed by atoms with Crippen molar-refractivity contribution in [3.63, 3.8) is 0 Å². The van der Waals surface area contributed by atoms with E-state index in [0.717, 1.165) is 0 Å². The summed E-state index contributed by atoms with van der Waals surface area (Å²) in [6.07, 6.45) is 1.47. The molecule has 0 atom stereocenters. The Kier molecular flexibility index (Phi) is 4.26. The lowest BCUT2D eigenvalue weighted by Gasteiger charge is -2.23. The van der Waals surface area contributed by atoms with Gasteiger partial charge in [0.1, 0.15) is 5.82 Å². The van der Waals surface area contributed by atoms with Crippen molar-refractivity contribution >= 4 is 10.0 Å². The Hall–Kier alpha value is -1.39. The van der Waals surface area contributed by atoms with Crippen molar-refractivity contribution in [1.82, 2.24) is 14.3 Å². The number of nitriles is 1. The van der Waals surface area contributed by atoms with E-state index in [1.54, 1.807) is 20.8 Å². The average Bonchev–Trinajstić information content (AvgIpc) is 2.65. The second-order valence-corrected chi connectivity index (χ2v) is 5.81. The second kappa shape index (κ2) is 5.29. The third kappa shape index (κ3) is 3.05. The Bertz CT molecular complexity index is 513. The van der Waals surface area contributed by atoms with E-state index < -0.39 is 10.0 Å². The van der Waals surface area contributed by atoms with Crippen LogP contribution in [-0.4, -0.2) is 35.3 Å². The third-order valence-electron chi connectivity index (χ3n) is 2.29. The normalized spacial score (nSPS) is 12.0. The second-order valence-electron chi connectivity index (χ2n) is 3.95. The van der Waals surface area contributed by atoms with E-state index in [1.165, 1.54) is 10.5 Å². The van der Waals surface area contributed by atoms with Gasteiger partial charge in [-0.1, -0.05) is 0 Å². The topological polar surface area (TPSA) is 89.8 Å². The zero-order valence-corrected chi connectivity index (χ0v) is 11.0. The van der Waals surface area contributed by atoms with Crippen LogP contribution < -0.4 is 0 Å². The molecule has 17 heavy (non-hydrogen) atoms. The number of H-pyrrole nitrogens is 1. The van der Waals surface area contributed by atoms with Gasteiger partial charge < -0.3 is 4.98 Å². The van der Waals surface area contributed by atoms with Gasteiger partial charge in [0, 0.05) is 19.0 Å². The molecule has 0 aliphatic carbocycles. The fourth-order valence-electron chi connectivity index (χ4n) is 1.47. The molecule has 1 aromatic rings. The van der Waals surface area contributed by atoms with Crippen LogP contribution in [0.4, 0.5) is 0 Å². The highest BCUT2D eigenvalue weighted by Crippen LogP contribution is 2.16. The monoisotopic (exact) mass is 256 g/mol. The first-order valence-electron chi connectivity index (χ1n) is 5.30. The molecule has 1 rings (SSSR count). The number of sulfonamides is 1. The summed E-state index contributed by atoms with van der Waals surface area (Å²) in [5.74, 6) is 0.549. The van der Waals surface area contributed by atoms with Crippen LogP contribution in [-0.2, 0) is 10.0 Å². The number of aryl methyl sites for hydroxylation is 1. The van der Waals surface area contributed by atoms with Crippen LogP contribution in [0.3, 0.4) is 0 Å². The zero-order valence-electron chi connectivity index (χ0n) is 10.1. The van der Waals surface area contributed by atoms with E-state index in [-0.39, 0.29) is 24.0 Å². The Morgan fingerprint density at radius 1 is 1.59 bits per heavy atom. The minimum Gasteiger partial charge on any atom is -0.332 e. The first-order valence-corrected chi connectivity index (χ1v) is 6.74. The van der Waals surface area contributed by atoms with Crippen molar-refractivity contribution < 1.29 is 8.42 Å². The van der Waals surface area contributed by atoms with Gasteiger partial charge in [0.25, 0.3) is 10.0 Å². The van der Waals surface area contributed by atoms with Crippen molar-refractivity contribution in [2.75, 3.05) is 6.54 Å². The summed E-state index contributed by atoms with van der Waals surface area (Å²) in [5, 5.41) is 8.62. The zero-order chi connectivity index (χ0) is 13.1. The Morgan fingerprint density at radius 2 is 2.24 bits per heavy atom. The highest BCUT2D eigenvalue weighted by molar-refractivity contribution is 7.89. The van der Waals surface area contributed by atoms with Gasteiger partial charge in [-0.25, -0.2) is 13.4 Å². The van der Waals surface area contributed by atoms with Crippen molar-refractivity contribution in [2.45, 2.75) is 38.3 Å². The maximum absolute atomic E-state index is 12.2. The van der Waals surface area contributed by atoms with Crippen LogP contribution in [0, 0.1) is 18.3 Å². The summed E-state index contributed by atoms with van der Waals surface area (Å²) in [4.78, 5) is 6.58. The fraction of sp³-hybridized carbons (Fsp3) is 0.600. The minimum atomic E-state index is -3.59. The van der Waals surface area contributed by atoms with Crippen molar-refractivity contribution in [1.29, 1.82) is 5.26 Å². The summed E-state index contributed by atoms with van der Waals surface area (Å²) in [6.45, 7) is 5.43. The van der Waals surface area contributed by atoms with E-state index in [0.29, 0.717) is 5.82 Å².